The Kier molecular flexibility index (Phi) is 3.94. The molecule has 0 radical (unpaired) electrons. The lowest BCUT2D eigenvalue weighted by Crippen LogP contribution is -1.97. The molecule has 0 spiro atoms. The number of aromatic nitrogens is 1. The van der Waals surface area contributed by atoms with Gasteiger partial charge >= 0.3 is 5.97 Å². The molecule has 4 nitrogen and oxygen atoms in total. The minimum absolute atomic E-state index is 0.165. The molecule has 0 saturated carbocycles. The standard InChI is InChI=1S/C13H14N2O2S/c1-9-8-18-13(14-9)15-11-5-2-10(3-6-11)4-7-12(16)17/h2-3,5-6,8H,4,7H2,1H3,(H,14,15)(H,16,17). The van der Waals surface area contributed by atoms with E-state index in [9.17, 15) is 4.79 Å². The molecule has 18 heavy (non-hydrogen) atoms. The number of carbonyl (C=O) groups is 1. The van der Waals surface area contributed by atoms with Gasteiger partial charge in [-0.1, -0.05) is 12.1 Å². The van der Waals surface area contributed by atoms with Crippen molar-refractivity contribution in [3.63, 3.8) is 0 Å². The van der Waals surface area contributed by atoms with Crippen LogP contribution < -0.4 is 5.32 Å². The summed E-state index contributed by atoms with van der Waals surface area (Å²) in [6, 6.07) is 7.75. The molecular formula is C13H14N2O2S. The normalized spacial score (nSPS) is 10.3. The third-order valence-electron chi connectivity index (χ3n) is 2.45. The van der Waals surface area contributed by atoms with Gasteiger partial charge in [-0.05, 0) is 31.0 Å². The van der Waals surface area contributed by atoms with Crippen LogP contribution in [0.4, 0.5) is 10.8 Å². The molecule has 2 aromatic rings. The second kappa shape index (κ2) is 5.64. The lowest BCUT2D eigenvalue weighted by molar-refractivity contribution is -0.136. The fourth-order valence-electron chi connectivity index (χ4n) is 1.54. The van der Waals surface area contributed by atoms with Gasteiger partial charge in [-0.25, -0.2) is 4.98 Å². The number of hydrogen-bond acceptors (Lipinski definition) is 4. The first-order valence-corrected chi connectivity index (χ1v) is 6.51. The summed E-state index contributed by atoms with van der Waals surface area (Å²) < 4.78 is 0. The summed E-state index contributed by atoms with van der Waals surface area (Å²) in [5.74, 6) is -0.768. The lowest BCUT2D eigenvalue weighted by Gasteiger charge is -2.04. The minimum atomic E-state index is -0.768. The molecule has 2 rings (SSSR count). The number of nitrogens with zero attached hydrogens (tertiary/aromatic N) is 1. The molecule has 0 unspecified atom stereocenters. The largest absolute Gasteiger partial charge is 0.481 e. The molecule has 0 aliphatic carbocycles. The number of nitrogens with one attached hydrogen (secondary N) is 1. The van der Waals surface area contributed by atoms with Crippen molar-refractivity contribution in [3.05, 3.63) is 40.9 Å². The van der Waals surface area contributed by atoms with Crippen LogP contribution in [0.15, 0.2) is 29.6 Å². The van der Waals surface area contributed by atoms with Gasteiger partial charge in [-0.2, -0.15) is 0 Å². The molecule has 0 bridgehead atoms. The fraction of sp³-hybridized carbons (Fsp3) is 0.231. The highest BCUT2D eigenvalue weighted by Gasteiger charge is 2.01. The Morgan fingerprint density at radius 2 is 2.11 bits per heavy atom. The highest BCUT2D eigenvalue weighted by atomic mass is 32.1. The smallest absolute Gasteiger partial charge is 0.303 e. The summed E-state index contributed by atoms with van der Waals surface area (Å²) in [5, 5.41) is 14.7. The number of carboxylic acid groups (broad SMARTS) is 1. The zero-order valence-electron chi connectivity index (χ0n) is 10.0. The summed E-state index contributed by atoms with van der Waals surface area (Å²) in [4.78, 5) is 14.8. The Balaban J connectivity index is 1.97. The van der Waals surface area contributed by atoms with E-state index in [2.05, 4.69) is 10.3 Å². The van der Waals surface area contributed by atoms with Crippen LogP contribution in [-0.4, -0.2) is 16.1 Å². The second-order valence-corrected chi connectivity index (χ2v) is 4.87. The number of benzene rings is 1. The maximum Gasteiger partial charge on any atom is 0.303 e. The molecule has 1 heterocycles. The molecular weight excluding hydrogens is 248 g/mol. The number of hydrogen-bond donors (Lipinski definition) is 2. The van der Waals surface area contributed by atoms with Gasteiger partial charge in [0.25, 0.3) is 0 Å². The molecule has 2 N–H and O–H groups in total. The molecule has 5 heteroatoms. The number of rotatable bonds is 5. The Morgan fingerprint density at radius 3 is 2.67 bits per heavy atom. The second-order valence-electron chi connectivity index (χ2n) is 4.01. The molecule has 0 aliphatic heterocycles. The van der Waals surface area contributed by atoms with Crippen LogP contribution in [0.5, 0.6) is 0 Å². The summed E-state index contributed by atoms with van der Waals surface area (Å²) in [6.45, 7) is 1.96. The minimum Gasteiger partial charge on any atom is -0.481 e. The van der Waals surface area contributed by atoms with Crippen LogP contribution in [0.3, 0.4) is 0 Å². The highest BCUT2D eigenvalue weighted by Crippen LogP contribution is 2.21. The van der Waals surface area contributed by atoms with Crippen molar-refractivity contribution in [1.82, 2.24) is 4.98 Å². The van der Waals surface area contributed by atoms with Crippen LogP contribution in [0, 0.1) is 6.92 Å². The molecule has 0 saturated heterocycles. The Labute approximate surface area is 109 Å². The summed E-state index contributed by atoms with van der Waals surface area (Å²) in [7, 11) is 0. The zero-order chi connectivity index (χ0) is 13.0. The molecule has 0 aliphatic rings. The Hall–Kier alpha value is -1.88. The first-order chi connectivity index (χ1) is 8.63. The fourth-order valence-corrected chi connectivity index (χ4v) is 2.25. The number of thiazole rings is 1. The predicted octanol–water partition coefficient (Wildman–Crippen LogP) is 3.21. The van der Waals surface area contributed by atoms with Crippen LogP contribution in [-0.2, 0) is 11.2 Å². The average molecular weight is 262 g/mol. The quantitative estimate of drug-likeness (QED) is 0.868. The van der Waals surface area contributed by atoms with E-state index in [0.717, 1.165) is 22.1 Å². The van der Waals surface area contributed by atoms with Crippen molar-refractivity contribution < 1.29 is 9.90 Å². The van der Waals surface area contributed by atoms with E-state index < -0.39 is 5.97 Å². The Morgan fingerprint density at radius 1 is 1.39 bits per heavy atom. The van der Waals surface area contributed by atoms with Crippen molar-refractivity contribution in [3.8, 4) is 0 Å². The molecule has 1 aromatic carbocycles. The number of carboxylic acids is 1. The third kappa shape index (κ3) is 3.56. The topological polar surface area (TPSA) is 62.2 Å². The SMILES string of the molecule is Cc1csc(Nc2ccc(CCC(=O)O)cc2)n1. The number of aliphatic carboxylic acids is 1. The first kappa shape index (κ1) is 12.6. The maximum atomic E-state index is 10.5. The van der Waals surface area contributed by atoms with Gasteiger partial charge < -0.3 is 10.4 Å². The van der Waals surface area contributed by atoms with E-state index in [-0.39, 0.29) is 6.42 Å². The van der Waals surface area contributed by atoms with Crippen molar-refractivity contribution in [2.24, 2.45) is 0 Å². The van der Waals surface area contributed by atoms with E-state index in [1.54, 1.807) is 11.3 Å². The van der Waals surface area contributed by atoms with Crippen LogP contribution in [0.2, 0.25) is 0 Å². The molecule has 0 amide bonds. The predicted molar refractivity (Wildman–Crippen MR) is 72.5 cm³/mol. The summed E-state index contributed by atoms with van der Waals surface area (Å²) in [5.41, 5.74) is 2.99. The van der Waals surface area contributed by atoms with Gasteiger partial charge in [0, 0.05) is 17.5 Å². The van der Waals surface area contributed by atoms with Gasteiger partial charge in [0.15, 0.2) is 5.13 Å². The summed E-state index contributed by atoms with van der Waals surface area (Å²) in [6.07, 6.45) is 0.727. The van der Waals surface area contributed by atoms with Gasteiger partial charge in [-0.3, -0.25) is 4.79 Å². The highest BCUT2D eigenvalue weighted by molar-refractivity contribution is 7.13. The molecule has 0 atom stereocenters. The monoisotopic (exact) mass is 262 g/mol. The molecule has 0 fully saturated rings. The lowest BCUT2D eigenvalue weighted by atomic mass is 10.1. The number of aryl methyl sites for hydroxylation is 2. The maximum absolute atomic E-state index is 10.5. The van der Waals surface area contributed by atoms with Crippen LogP contribution >= 0.6 is 11.3 Å². The van der Waals surface area contributed by atoms with Crippen molar-refractivity contribution in [1.29, 1.82) is 0 Å². The zero-order valence-corrected chi connectivity index (χ0v) is 10.8. The molecule has 94 valence electrons. The number of anilines is 2. The van der Waals surface area contributed by atoms with E-state index in [1.807, 2.05) is 36.6 Å². The van der Waals surface area contributed by atoms with Crippen LogP contribution in [0.1, 0.15) is 17.7 Å². The van der Waals surface area contributed by atoms with E-state index in [0.29, 0.717) is 6.42 Å². The van der Waals surface area contributed by atoms with Gasteiger partial charge in [0.05, 0.1) is 5.69 Å². The Bertz CT molecular complexity index is 534. The third-order valence-corrected chi connectivity index (χ3v) is 3.33. The molecule has 1 aromatic heterocycles. The van der Waals surface area contributed by atoms with E-state index >= 15 is 0 Å². The van der Waals surface area contributed by atoms with Gasteiger partial charge in [0.2, 0.25) is 0 Å². The average Bonchev–Trinajstić information content (AvgIpc) is 2.74. The van der Waals surface area contributed by atoms with E-state index in [4.69, 9.17) is 5.11 Å². The van der Waals surface area contributed by atoms with Crippen LogP contribution in [0.25, 0.3) is 0 Å². The van der Waals surface area contributed by atoms with Crippen molar-refractivity contribution >= 4 is 28.1 Å². The first-order valence-electron chi connectivity index (χ1n) is 5.63. The van der Waals surface area contributed by atoms with Gasteiger partial charge in [0.1, 0.15) is 0 Å². The van der Waals surface area contributed by atoms with E-state index in [1.165, 1.54) is 0 Å². The van der Waals surface area contributed by atoms with Crippen molar-refractivity contribution in [2.75, 3.05) is 5.32 Å². The summed E-state index contributed by atoms with van der Waals surface area (Å²) >= 11 is 1.56. The van der Waals surface area contributed by atoms with Crippen molar-refractivity contribution in [2.45, 2.75) is 19.8 Å². The van der Waals surface area contributed by atoms with Gasteiger partial charge in [-0.15, -0.1) is 11.3 Å².